The smallest absolute Gasteiger partial charge is 0.0388 e. The summed E-state index contributed by atoms with van der Waals surface area (Å²) in [5.74, 6) is 1.57. The first-order valence-electron chi connectivity index (χ1n) is 8.81. The second kappa shape index (κ2) is 6.83. The van der Waals surface area contributed by atoms with Crippen LogP contribution in [-0.2, 0) is 6.54 Å². The van der Waals surface area contributed by atoms with Crippen molar-refractivity contribution < 1.29 is 0 Å². The highest BCUT2D eigenvalue weighted by atomic mass is 15.1. The Kier molecular flexibility index (Phi) is 4.84. The number of hydrogen-bond donors (Lipinski definition) is 1. The van der Waals surface area contributed by atoms with Gasteiger partial charge in [0.2, 0.25) is 0 Å². The van der Waals surface area contributed by atoms with Crippen LogP contribution in [0, 0.1) is 11.8 Å². The Balaban J connectivity index is 1.71. The van der Waals surface area contributed by atoms with Gasteiger partial charge in [0.1, 0.15) is 0 Å². The maximum Gasteiger partial charge on any atom is 0.0388 e. The van der Waals surface area contributed by atoms with Crippen LogP contribution in [0.25, 0.3) is 0 Å². The number of rotatable bonds is 4. The first kappa shape index (κ1) is 14.9. The molecule has 1 saturated heterocycles. The molecule has 1 aliphatic heterocycles. The molecule has 0 bridgehead atoms. The molecule has 1 N–H and O–H groups in total. The van der Waals surface area contributed by atoms with Gasteiger partial charge in [-0.2, -0.15) is 0 Å². The Labute approximate surface area is 129 Å². The van der Waals surface area contributed by atoms with Gasteiger partial charge in [-0.3, -0.25) is 4.90 Å². The van der Waals surface area contributed by atoms with E-state index in [9.17, 15) is 0 Å². The number of benzene rings is 1. The van der Waals surface area contributed by atoms with Gasteiger partial charge in [-0.25, -0.2) is 0 Å². The first-order valence-corrected chi connectivity index (χ1v) is 8.81. The Morgan fingerprint density at radius 3 is 2.38 bits per heavy atom. The normalized spacial score (nSPS) is 30.5. The highest BCUT2D eigenvalue weighted by Gasteiger charge is 2.28. The van der Waals surface area contributed by atoms with E-state index >= 15 is 0 Å². The van der Waals surface area contributed by atoms with Gasteiger partial charge < -0.3 is 5.32 Å². The molecule has 1 aliphatic carbocycles. The molecule has 1 heterocycles. The van der Waals surface area contributed by atoms with Crippen LogP contribution in [0.15, 0.2) is 24.3 Å². The summed E-state index contributed by atoms with van der Waals surface area (Å²) >= 11 is 0. The average Bonchev–Trinajstić information content (AvgIpc) is 2.98. The highest BCUT2D eigenvalue weighted by Crippen LogP contribution is 2.32. The zero-order valence-corrected chi connectivity index (χ0v) is 13.6. The zero-order chi connectivity index (χ0) is 14.7. The lowest BCUT2D eigenvalue weighted by molar-refractivity contribution is 0.267. The van der Waals surface area contributed by atoms with Gasteiger partial charge in [-0.15, -0.1) is 0 Å². The van der Waals surface area contributed by atoms with Crippen molar-refractivity contribution in [3.05, 3.63) is 29.8 Å². The standard InChI is InChI=1S/C19H30N2/c1-15-8-7-9-16(2)19(15)20-18-11-4-3-10-17(18)14-21-12-5-6-13-21/h3-4,10-11,15-16,19-20H,5-9,12-14H2,1-2H3. The Morgan fingerprint density at radius 2 is 1.67 bits per heavy atom. The van der Waals surface area contributed by atoms with Crippen LogP contribution < -0.4 is 5.32 Å². The van der Waals surface area contributed by atoms with Crippen molar-refractivity contribution in [2.45, 2.75) is 58.5 Å². The fourth-order valence-corrected chi connectivity index (χ4v) is 4.13. The Morgan fingerprint density at radius 1 is 1.00 bits per heavy atom. The van der Waals surface area contributed by atoms with Crippen LogP contribution >= 0.6 is 0 Å². The van der Waals surface area contributed by atoms with Crippen molar-refractivity contribution in [3.63, 3.8) is 0 Å². The van der Waals surface area contributed by atoms with E-state index in [0.29, 0.717) is 6.04 Å². The summed E-state index contributed by atoms with van der Waals surface area (Å²) in [6.07, 6.45) is 6.88. The van der Waals surface area contributed by atoms with Crippen LogP contribution in [-0.4, -0.2) is 24.0 Å². The molecule has 3 rings (SSSR count). The topological polar surface area (TPSA) is 15.3 Å². The summed E-state index contributed by atoms with van der Waals surface area (Å²) in [5, 5.41) is 3.90. The quantitative estimate of drug-likeness (QED) is 0.875. The second-order valence-corrected chi connectivity index (χ2v) is 7.20. The summed E-state index contributed by atoms with van der Waals surface area (Å²) < 4.78 is 0. The molecular formula is C19H30N2. The molecule has 2 aliphatic rings. The average molecular weight is 286 g/mol. The van der Waals surface area contributed by atoms with Gasteiger partial charge in [-0.1, -0.05) is 38.5 Å². The van der Waals surface area contributed by atoms with Crippen molar-refractivity contribution in [2.75, 3.05) is 18.4 Å². The molecule has 0 amide bonds. The second-order valence-electron chi connectivity index (χ2n) is 7.20. The van der Waals surface area contributed by atoms with Crippen molar-refractivity contribution in [1.82, 2.24) is 4.90 Å². The summed E-state index contributed by atoms with van der Waals surface area (Å²) in [4.78, 5) is 2.59. The molecule has 0 radical (unpaired) electrons. The predicted molar refractivity (Wildman–Crippen MR) is 90.5 cm³/mol. The molecule has 2 heteroatoms. The number of para-hydroxylation sites is 1. The van der Waals surface area contributed by atoms with Gasteiger partial charge in [0.25, 0.3) is 0 Å². The third kappa shape index (κ3) is 3.60. The number of likely N-dealkylation sites (tertiary alicyclic amines) is 1. The minimum absolute atomic E-state index is 0.637. The zero-order valence-electron chi connectivity index (χ0n) is 13.6. The summed E-state index contributed by atoms with van der Waals surface area (Å²) in [6.45, 7) is 8.47. The maximum atomic E-state index is 3.90. The van der Waals surface area contributed by atoms with Crippen LogP contribution in [0.4, 0.5) is 5.69 Å². The minimum atomic E-state index is 0.637. The van der Waals surface area contributed by atoms with Gasteiger partial charge in [0, 0.05) is 18.3 Å². The molecule has 1 saturated carbocycles. The minimum Gasteiger partial charge on any atom is -0.382 e. The summed E-state index contributed by atoms with van der Waals surface area (Å²) in [6, 6.07) is 9.58. The van der Waals surface area contributed by atoms with E-state index in [-0.39, 0.29) is 0 Å². The Hall–Kier alpha value is -1.02. The molecule has 1 aromatic carbocycles. The maximum absolute atomic E-state index is 3.90. The lowest BCUT2D eigenvalue weighted by Gasteiger charge is -2.36. The van der Waals surface area contributed by atoms with E-state index in [4.69, 9.17) is 0 Å². The molecular weight excluding hydrogens is 256 g/mol. The largest absolute Gasteiger partial charge is 0.382 e. The lowest BCUT2D eigenvalue weighted by atomic mass is 9.78. The van der Waals surface area contributed by atoms with E-state index in [0.717, 1.165) is 18.4 Å². The fraction of sp³-hybridized carbons (Fsp3) is 0.684. The van der Waals surface area contributed by atoms with Crippen molar-refractivity contribution in [3.8, 4) is 0 Å². The van der Waals surface area contributed by atoms with Gasteiger partial charge in [0.05, 0.1) is 0 Å². The van der Waals surface area contributed by atoms with Crippen LogP contribution in [0.1, 0.15) is 51.5 Å². The molecule has 116 valence electrons. The third-order valence-electron chi connectivity index (χ3n) is 5.48. The van der Waals surface area contributed by atoms with E-state index in [1.54, 1.807) is 0 Å². The number of anilines is 1. The first-order chi connectivity index (χ1) is 10.2. The molecule has 1 aromatic rings. The van der Waals surface area contributed by atoms with E-state index in [1.807, 2.05) is 0 Å². The monoisotopic (exact) mass is 286 g/mol. The van der Waals surface area contributed by atoms with Crippen molar-refractivity contribution in [2.24, 2.45) is 11.8 Å². The van der Waals surface area contributed by atoms with E-state index in [2.05, 4.69) is 48.3 Å². The molecule has 2 nitrogen and oxygen atoms in total. The number of nitrogens with one attached hydrogen (secondary N) is 1. The van der Waals surface area contributed by atoms with Gasteiger partial charge >= 0.3 is 0 Å². The molecule has 2 atom stereocenters. The summed E-state index contributed by atoms with van der Waals surface area (Å²) in [7, 11) is 0. The molecule has 0 spiro atoms. The van der Waals surface area contributed by atoms with Crippen molar-refractivity contribution in [1.29, 1.82) is 0 Å². The molecule has 0 aromatic heterocycles. The van der Waals surface area contributed by atoms with Crippen LogP contribution in [0.5, 0.6) is 0 Å². The molecule has 2 unspecified atom stereocenters. The summed E-state index contributed by atoms with van der Waals surface area (Å²) in [5.41, 5.74) is 2.85. The fourth-order valence-electron chi connectivity index (χ4n) is 4.13. The van der Waals surface area contributed by atoms with Crippen LogP contribution in [0.3, 0.4) is 0 Å². The SMILES string of the molecule is CC1CCCC(C)C1Nc1ccccc1CN1CCCC1. The Bertz CT molecular complexity index is 441. The lowest BCUT2D eigenvalue weighted by Crippen LogP contribution is -2.37. The number of hydrogen-bond acceptors (Lipinski definition) is 2. The van der Waals surface area contributed by atoms with E-state index < -0.39 is 0 Å². The van der Waals surface area contributed by atoms with Crippen LogP contribution in [0.2, 0.25) is 0 Å². The van der Waals surface area contributed by atoms with Gasteiger partial charge in [-0.05, 0) is 62.2 Å². The van der Waals surface area contributed by atoms with Gasteiger partial charge in [0.15, 0.2) is 0 Å². The van der Waals surface area contributed by atoms with Crippen molar-refractivity contribution >= 4 is 5.69 Å². The van der Waals surface area contributed by atoms with E-state index in [1.165, 1.54) is 56.4 Å². The third-order valence-corrected chi connectivity index (χ3v) is 5.48. The highest BCUT2D eigenvalue weighted by molar-refractivity contribution is 5.52. The number of nitrogens with zero attached hydrogens (tertiary/aromatic N) is 1. The molecule has 21 heavy (non-hydrogen) atoms. The predicted octanol–water partition coefficient (Wildman–Crippen LogP) is 4.52. The molecule has 2 fully saturated rings.